The Balaban J connectivity index is 1.54. The molecule has 3 aromatic rings. The topological polar surface area (TPSA) is 110 Å². The number of hydrogen-bond acceptors (Lipinski definition) is 6. The number of imidazole rings is 1. The van der Waals surface area contributed by atoms with E-state index in [4.69, 9.17) is 21.1 Å². The molecule has 1 saturated heterocycles. The minimum absolute atomic E-state index is 0.192. The molecular formula is C21H23ClN6O4. The Bertz CT molecular complexity index is 1140. The van der Waals surface area contributed by atoms with Crippen LogP contribution in [0.3, 0.4) is 0 Å². The molecule has 3 amide bonds. The second kappa shape index (κ2) is 9.41. The van der Waals surface area contributed by atoms with Crippen LogP contribution in [0.15, 0.2) is 36.8 Å². The van der Waals surface area contributed by atoms with Gasteiger partial charge in [0, 0.05) is 36.7 Å². The van der Waals surface area contributed by atoms with Crippen molar-refractivity contribution in [3.63, 3.8) is 0 Å². The van der Waals surface area contributed by atoms with Crippen molar-refractivity contribution in [2.45, 2.75) is 20.0 Å². The number of fused-ring (bicyclic) bond motifs is 1. The smallest absolute Gasteiger partial charge is 0.411 e. The zero-order chi connectivity index (χ0) is 22.7. The molecule has 10 nitrogen and oxygen atoms in total. The van der Waals surface area contributed by atoms with Crippen LogP contribution < -0.4 is 10.6 Å². The predicted octanol–water partition coefficient (Wildman–Crippen LogP) is 3.87. The van der Waals surface area contributed by atoms with Crippen molar-refractivity contribution in [3.8, 4) is 11.3 Å². The van der Waals surface area contributed by atoms with Crippen LogP contribution in [0.4, 0.5) is 21.0 Å². The summed E-state index contributed by atoms with van der Waals surface area (Å²) < 4.78 is 12.0. The third kappa shape index (κ3) is 5.09. The minimum Gasteiger partial charge on any atom is -0.447 e. The summed E-state index contributed by atoms with van der Waals surface area (Å²) in [6, 6.07) is 5.02. The number of carbonyl (C=O) groups is 2. The molecule has 2 N–H and O–H groups in total. The number of halogens is 1. The molecule has 0 unspecified atom stereocenters. The van der Waals surface area contributed by atoms with Gasteiger partial charge in [0.2, 0.25) is 5.78 Å². The second-order valence-electron chi connectivity index (χ2n) is 7.48. The number of urea groups is 1. The van der Waals surface area contributed by atoms with E-state index in [1.807, 2.05) is 0 Å². The molecule has 2 aromatic heterocycles. The molecule has 0 atom stereocenters. The first-order valence-electron chi connectivity index (χ1n) is 10.1. The zero-order valence-corrected chi connectivity index (χ0v) is 18.4. The standard InChI is InChI=1S/C21H23ClN6O4/c1-13(2)32-21(30)25-15-10-23-19-26-18(12-28(19)11-15)16-9-14(3-4-17(16)22)24-20(29)27-5-7-31-8-6-27/h3-4,9-13H,5-8H2,1-2H3,(H,24,29)(H,25,30). The number of carbonyl (C=O) groups excluding carboxylic acids is 2. The number of ether oxygens (including phenoxy) is 2. The number of nitrogens with zero attached hydrogens (tertiary/aromatic N) is 4. The van der Waals surface area contributed by atoms with Crippen LogP contribution in [-0.2, 0) is 9.47 Å². The van der Waals surface area contributed by atoms with Gasteiger partial charge in [0.15, 0.2) is 0 Å². The molecule has 32 heavy (non-hydrogen) atoms. The molecule has 11 heteroatoms. The SMILES string of the molecule is CC(C)OC(=O)Nc1cnc2nc(-c3cc(NC(=O)N4CCOCC4)ccc3Cl)cn2c1. The van der Waals surface area contributed by atoms with Gasteiger partial charge in [-0.3, -0.25) is 9.72 Å². The number of aromatic nitrogens is 3. The van der Waals surface area contributed by atoms with Crippen LogP contribution in [-0.4, -0.2) is 63.8 Å². The number of amides is 3. The van der Waals surface area contributed by atoms with Crippen LogP contribution in [0.1, 0.15) is 13.8 Å². The first-order valence-corrected chi connectivity index (χ1v) is 10.5. The normalized spacial score (nSPS) is 13.9. The van der Waals surface area contributed by atoms with Crippen LogP contribution >= 0.6 is 11.6 Å². The summed E-state index contributed by atoms with van der Waals surface area (Å²) >= 11 is 6.41. The number of anilines is 2. The lowest BCUT2D eigenvalue weighted by atomic mass is 10.1. The minimum atomic E-state index is -0.562. The summed E-state index contributed by atoms with van der Waals surface area (Å²) in [6.07, 6.45) is 4.13. The van der Waals surface area contributed by atoms with Crippen LogP contribution in [0, 0.1) is 0 Å². The van der Waals surface area contributed by atoms with E-state index < -0.39 is 6.09 Å². The molecule has 168 valence electrons. The maximum Gasteiger partial charge on any atom is 0.411 e. The molecular weight excluding hydrogens is 436 g/mol. The Morgan fingerprint density at radius 2 is 1.94 bits per heavy atom. The van der Waals surface area contributed by atoms with Gasteiger partial charge in [-0.1, -0.05) is 11.6 Å². The van der Waals surface area contributed by atoms with E-state index in [-0.39, 0.29) is 12.1 Å². The van der Waals surface area contributed by atoms with Crippen molar-refractivity contribution in [1.82, 2.24) is 19.3 Å². The van der Waals surface area contributed by atoms with E-state index in [0.717, 1.165) is 0 Å². The number of rotatable bonds is 4. The molecule has 0 radical (unpaired) electrons. The zero-order valence-electron chi connectivity index (χ0n) is 17.7. The van der Waals surface area contributed by atoms with Gasteiger partial charge >= 0.3 is 12.1 Å². The molecule has 1 fully saturated rings. The maximum absolute atomic E-state index is 12.5. The fourth-order valence-corrected chi connectivity index (χ4v) is 3.42. The van der Waals surface area contributed by atoms with E-state index >= 15 is 0 Å². The Morgan fingerprint density at radius 1 is 1.16 bits per heavy atom. The monoisotopic (exact) mass is 458 g/mol. The highest BCUT2D eigenvalue weighted by molar-refractivity contribution is 6.33. The van der Waals surface area contributed by atoms with E-state index in [0.29, 0.717) is 59.7 Å². The average molecular weight is 459 g/mol. The number of benzene rings is 1. The van der Waals surface area contributed by atoms with Gasteiger partial charge in [0.1, 0.15) is 0 Å². The molecule has 1 aliphatic rings. The first-order chi connectivity index (χ1) is 15.4. The molecule has 0 spiro atoms. The van der Waals surface area contributed by atoms with E-state index in [2.05, 4.69) is 20.6 Å². The van der Waals surface area contributed by atoms with Crippen molar-refractivity contribution in [1.29, 1.82) is 0 Å². The van der Waals surface area contributed by atoms with Gasteiger partial charge in [-0.25, -0.2) is 19.6 Å². The Labute approximate surface area is 189 Å². The van der Waals surface area contributed by atoms with E-state index in [1.165, 1.54) is 6.20 Å². The molecule has 0 aliphatic carbocycles. The Hall–Kier alpha value is -3.37. The van der Waals surface area contributed by atoms with Crippen molar-refractivity contribution < 1.29 is 19.1 Å². The molecule has 0 saturated carbocycles. The summed E-state index contributed by atoms with van der Waals surface area (Å²) in [4.78, 5) is 34.8. The predicted molar refractivity (Wildman–Crippen MR) is 120 cm³/mol. The highest BCUT2D eigenvalue weighted by Gasteiger charge is 2.18. The van der Waals surface area contributed by atoms with Crippen LogP contribution in [0.2, 0.25) is 5.02 Å². The summed E-state index contributed by atoms with van der Waals surface area (Å²) in [7, 11) is 0. The second-order valence-corrected chi connectivity index (χ2v) is 7.89. The molecule has 0 bridgehead atoms. The van der Waals surface area contributed by atoms with Gasteiger partial charge in [-0.05, 0) is 32.0 Å². The third-order valence-electron chi connectivity index (χ3n) is 4.69. The molecule has 4 rings (SSSR count). The fraction of sp³-hybridized carbons (Fsp3) is 0.333. The van der Waals surface area contributed by atoms with E-state index in [1.54, 1.807) is 53.7 Å². The van der Waals surface area contributed by atoms with Crippen molar-refractivity contribution in [3.05, 3.63) is 41.8 Å². The highest BCUT2D eigenvalue weighted by Crippen LogP contribution is 2.30. The summed E-state index contributed by atoms with van der Waals surface area (Å²) in [5.74, 6) is 0.432. The maximum atomic E-state index is 12.5. The molecule has 3 heterocycles. The Kier molecular flexibility index (Phi) is 6.42. The quantitative estimate of drug-likeness (QED) is 0.614. The number of hydrogen-bond donors (Lipinski definition) is 2. The van der Waals surface area contributed by atoms with Crippen LogP contribution in [0.25, 0.3) is 17.0 Å². The van der Waals surface area contributed by atoms with Crippen LogP contribution in [0.5, 0.6) is 0 Å². The molecule has 1 aliphatic heterocycles. The number of morpholine rings is 1. The lowest BCUT2D eigenvalue weighted by molar-refractivity contribution is 0.0564. The lowest BCUT2D eigenvalue weighted by Crippen LogP contribution is -2.43. The highest BCUT2D eigenvalue weighted by atomic mass is 35.5. The van der Waals surface area contributed by atoms with Crippen molar-refractivity contribution in [2.75, 3.05) is 36.9 Å². The third-order valence-corrected chi connectivity index (χ3v) is 5.02. The Morgan fingerprint density at radius 3 is 2.69 bits per heavy atom. The summed E-state index contributed by atoms with van der Waals surface area (Å²) in [5.41, 5.74) is 2.28. The van der Waals surface area contributed by atoms with Gasteiger partial charge in [0.25, 0.3) is 0 Å². The van der Waals surface area contributed by atoms with Gasteiger partial charge < -0.3 is 19.7 Å². The van der Waals surface area contributed by atoms with Gasteiger partial charge in [0.05, 0.1) is 41.9 Å². The average Bonchev–Trinajstić information content (AvgIpc) is 3.18. The summed E-state index contributed by atoms with van der Waals surface area (Å²) in [5, 5.41) is 6.00. The summed E-state index contributed by atoms with van der Waals surface area (Å²) in [6.45, 7) is 5.69. The lowest BCUT2D eigenvalue weighted by Gasteiger charge is -2.27. The fourth-order valence-electron chi connectivity index (χ4n) is 3.21. The van der Waals surface area contributed by atoms with Crippen molar-refractivity contribution >= 4 is 40.9 Å². The van der Waals surface area contributed by atoms with E-state index in [9.17, 15) is 9.59 Å². The molecule has 1 aromatic carbocycles. The largest absolute Gasteiger partial charge is 0.447 e. The number of nitrogens with one attached hydrogen (secondary N) is 2. The first kappa shape index (κ1) is 21.8. The van der Waals surface area contributed by atoms with Crippen molar-refractivity contribution in [2.24, 2.45) is 0 Å². The van der Waals surface area contributed by atoms with Gasteiger partial charge in [-0.2, -0.15) is 0 Å². The van der Waals surface area contributed by atoms with Gasteiger partial charge in [-0.15, -0.1) is 0 Å².